The topological polar surface area (TPSA) is 66.5 Å². The van der Waals surface area contributed by atoms with Crippen molar-refractivity contribution < 1.29 is 14.4 Å². The molecule has 0 radical (unpaired) electrons. The van der Waals surface area contributed by atoms with Crippen molar-refractivity contribution in [3.05, 3.63) is 95.1 Å². The van der Waals surface area contributed by atoms with E-state index in [1.54, 1.807) is 42.1 Å². The summed E-state index contributed by atoms with van der Waals surface area (Å²) < 4.78 is 0. The van der Waals surface area contributed by atoms with Crippen LogP contribution in [0.3, 0.4) is 0 Å². The zero-order chi connectivity index (χ0) is 21.8. The van der Waals surface area contributed by atoms with Gasteiger partial charge in [-0.15, -0.1) is 11.8 Å². The number of benzene rings is 3. The summed E-state index contributed by atoms with van der Waals surface area (Å²) in [5.74, 6) is 0.228. The predicted molar refractivity (Wildman–Crippen MR) is 123 cm³/mol. The van der Waals surface area contributed by atoms with Gasteiger partial charge in [0.15, 0.2) is 0 Å². The number of anilines is 1. The molecule has 0 unspecified atom stereocenters. The van der Waals surface area contributed by atoms with Crippen molar-refractivity contribution in [1.29, 1.82) is 0 Å². The highest BCUT2D eigenvalue weighted by atomic mass is 32.2. The minimum atomic E-state index is -0.209. The minimum Gasteiger partial charge on any atom is -0.322 e. The molecule has 5 nitrogen and oxygen atoms in total. The predicted octanol–water partition coefficient (Wildman–Crippen LogP) is 5.03. The van der Waals surface area contributed by atoms with E-state index in [1.807, 2.05) is 49.4 Å². The molecule has 0 fully saturated rings. The number of carbonyl (C=O) groups excluding carboxylic acids is 3. The van der Waals surface area contributed by atoms with Gasteiger partial charge in [0.1, 0.15) is 0 Å². The van der Waals surface area contributed by atoms with E-state index in [9.17, 15) is 14.4 Å². The first kappa shape index (κ1) is 20.9. The number of fused-ring (bicyclic) bond motifs is 1. The summed E-state index contributed by atoms with van der Waals surface area (Å²) >= 11 is 1.65. The van der Waals surface area contributed by atoms with Gasteiger partial charge in [0, 0.05) is 22.7 Å². The van der Waals surface area contributed by atoms with Crippen LogP contribution in [0.5, 0.6) is 0 Å². The lowest BCUT2D eigenvalue weighted by molar-refractivity contribution is 0.0654. The quantitative estimate of drug-likeness (QED) is 0.324. The zero-order valence-electron chi connectivity index (χ0n) is 17.1. The minimum absolute atomic E-state index is 0.134. The van der Waals surface area contributed by atoms with Gasteiger partial charge in [-0.1, -0.05) is 29.8 Å². The molecule has 1 heterocycles. The monoisotopic (exact) mass is 430 g/mol. The maximum absolute atomic E-state index is 12.4. The Morgan fingerprint density at radius 2 is 1.58 bits per heavy atom. The van der Waals surface area contributed by atoms with Gasteiger partial charge in [-0.25, -0.2) is 0 Å². The standard InChI is InChI=1S/C25H22N2O3S/c1-17-6-4-7-18(16-17)23(28)26-19-10-12-20(13-11-19)31-15-5-14-27-24(29)21-8-2-3-9-22(21)25(27)30/h2-4,6-13,16H,5,14-15H2,1H3,(H,26,28). The second-order valence-corrected chi connectivity index (χ2v) is 8.53. The van der Waals surface area contributed by atoms with Crippen LogP contribution in [0.1, 0.15) is 43.1 Å². The number of nitrogens with one attached hydrogen (secondary N) is 1. The third-order valence-corrected chi connectivity index (χ3v) is 6.16. The molecule has 156 valence electrons. The van der Waals surface area contributed by atoms with Crippen molar-refractivity contribution in [3.8, 4) is 0 Å². The molecule has 31 heavy (non-hydrogen) atoms. The average Bonchev–Trinajstić information content (AvgIpc) is 3.02. The van der Waals surface area contributed by atoms with Crippen molar-refractivity contribution in [2.24, 2.45) is 0 Å². The second kappa shape index (κ2) is 9.18. The van der Waals surface area contributed by atoms with Crippen molar-refractivity contribution in [2.45, 2.75) is 18.2 Å². The molecule has 1 N–H and O–H groups in total. The first-order chi connectivity index (χ1) is 15.0. The molecule has 0 saturated heterocycles. The van der Waals surface area contributed by atoms with Gasteiger partial charge in [-0.05, 0) is 67.6 Å². The Labute approximate surface area is 185 Å². The van der Waals surface area contributed by atoms with Crippen LogP contribution in [0.4, 0.5) is 5.69 Å². The Morgan fingerprint density at radius 3 is 2.23 bits per heavy atom. The molecule has 0 spiro atoms. The highest BCUT2D eigenvalue weighted by molar-refractivity contribution is 7.99. The lowest BCUT2D eigenvalue weighted by atomic mass is 10.1. The van der Waals surface area contributed by atoms with Crippen molar-refractivity contribution in [1.82, 2.24) is 4.90 Å². The van der Waals surface area contributed by atoms with Crippen molar-refractivity contribution in [3.63, 3.8) is 0 Å². The maximum Gasteiger partial charge on any atom is 0.261 e. The van der Waals surface area contributed by atoms with E-state index >= 15 is 0 Å². The summed E-state index contributed by atoms with van der Waals surface area (Å²) in [4.78, 5) is 39.5. The van der Waals surface area contributed by atoms with E-state index in [0.717, 1.165) is 21.9 Å². The summed E-state index contributed by atoms with van der Waals surface area (Å²) in [6.07, 6.45) is 0.710. The SMILES string of the molecule is Cc1cccc(C(=O)Nc2ccc(SCCCN3C(=O)c4ccccc4C3=O)cc2)c1. The molecule has 3 amide bonds. The number of nitrogens with zero attached hydrogens (tertiary/aromatic N) is 1. The fourth-order valence-electron chi connectivity index (χ4n) is 3.48. The molecule has 0 saturated carbocycles. The van der Waals surface area contributed by atoms with Gasteiger partial charge in [-0.2, -0.15) is 0 Å². The molecule has 6 heteroatoms. The van der Waals surface area contributed by atoms with E-state index in [0.29, 0.717) is 29.7 Å². The fraction of sp³-hybridized carbons (Fsp3) is 0.160. The van der Waals surface area contributed by atoms with Gasteiger partial charge < -0.3 is 5.32 Å². The van der Waals surface area contributed by atoms with Crippen LogP contribution in [0, 0.1) is 6.92 Å². The molecule has 1 aliphatic rings. The van der Waals surface area contributed by atoms with Crippen LogP contribution >= 0.6 is 11.8 Å². The maximum atomic E-state index is 12.4. The number of carbonyl (C=O) groups is 3. The Balaban J connectivity index is 1.25. The third kappa shape index (κ3) is 4.70. The van der Waals surface area contributed by atoms with Crippen LogP contribution in [-0.4, -0.2) is 34.9 Å². The molecule has 0 bridgehead atoms. The van der Waals surface area contributed by atoms with Crippen LogP contribution in [0.25, 0.3) is 0 Å². The summed E-state index contributed by atoms with van der Waals surface area (Å²) in [6, 6.07) is 22.1. The summed E-state index contributed by atoms with van der Waals surface area (Å²) in [7, 11) is 0. The second-order valence-electron chi connectivity index (χ2n) is 7.36. The highest BCUT2D eigenvalue weighted by Gasteiger charge is 2.34. The third-order valence-electron chi connectivity index (χ3n) is 5.07. The van der Waals surface area contributed by atoms with Gasteiger partial charge in [-0.3, -0.25) is 19.3 Å². The van der Waals surface area contributed by atoms with E-state index in [1.165, 1.54) is 4.90 Å². The van der Waals surface area contributed by atoms with E-state index in [-0.39, 0.29) is 17.7 Å². The number of imide groups is 1. The average molecular weight is 431 g/mol. The van der Waals surface area contributed by atoms with Gasteiger partial charge in [0.05, 0.1) is 11.1 Å². The number of thioether (sulfide) groups is 1. The van der Waals surface area contributed by atoms with E-state index < -0.39 is 0 Å². The van der Waals surface area contributed by atoms with E-state index in [4.69, 9.17) is 0 Å². The molecular weight excluding hydrogens is 408 g/mol. The number of aryl methyl sites for hydroxylation is 1. The number of rotatable bonds is 7. The summed E-state index contributed by atoms with van der Waals surface area (Å²) in [5.41, 5.74) is 3.39. The largest absolute Gasteiger partial charge is 0.322 e. The first-order valence-electron chi connectivity index (χ1n) is 10.1. The first-order valence-corrected chi connectivity index (χ1v) is 11.1. The van der Waals surface area contributed by atoms with Gasteiger partial charge in [0.25, 0.3) is 17.7 Å². The van der Waals surface area contributed by atoms with Crippen LogP contribution in [0.15, 0.2) is 77.7 Å². The van der Waals surface area contributed by atoms with Crippen LogP contribution < -0.4 is 5.32 Å². The summed E-state index contributed by atoms with van der Waals surface area (Å²) in [5, 5.41) is 2.91. The number of hydrogen-bond acceptors (Lipinski definition) is 4. The Hall–Kier alpha value is -3.38. The Morgan fingerprint density at radius 1 is 0.903 bits per heavy atom. The van der Waals surface area contributed by atoms with Crippen LogP contribution in [0.2, 0.25) is 0 Å². The fourth-order valence-corrected chi connectivity index (χ4v) is 4.32. The zero-order valence-corrected chi connectivity index (χ0v) is 17.9. The van der Waals surface area contributed by atoms with Crippen molar-refractivity contribution >= 4 is 35.2 Å². The number of hydrogen-bond donors (Lipinski definition) is 1. The molecule has 0 aromatic heterocycles. The Bertz CT molecular complexity index is 1110. The molecule has 0 aliphatic carbocycles. The Kier molecular flexibility index (Phi) is 6.18. The molecule has 3 aromatic carbocycles. The molecular formula is C25H22N2O3S. The van der Waals surface area contributed by atoms with E-state index in [2.05, 4.69) is 5.32 Å². The lowest BCUT2D eigenvalue weighted by Crippen LogP contribution is -2.30. The smallest absolute Gasteiger partial charge is 0.261 e. The molecule has 4 rings (SSSR count). The van der Waals surface area contributed by atoms with Crippen LogP contribution in [-0.2, 0) is 0 Å². The van der Waals surface area contributed by atoms with Crippen molar-refractivity contribution in [2.75, 3.05) is 17.6 Å². The highest BCUT2D eigenvalue weighted by Crippen LogP contribution is 2.25. The molecule has 3 aromatic rings. The molecule has 0 atom stereocenters. The number of amides is 3. The summed E-state index contributed by atoms with van der Waals surface area (Å²) in [6.45, 7) is 2.36. The lowest BCUT2D eigenvalue weighted by Gasteiger charge is -2.13. The normalized spacial score (nSPS) is 12.7. The van der Waals surface area contributed by atoms with Gasteiger partial charge >= 0.3 is 0 Å². The van der Waals surface area contributed by atoms with Gasteiger partial charge in [0.2, 0.25) is 0 Å². The molecule has 1 aliphatic heterocycles.